The molecule has 0 amide bonds. The van der Waals surface area contributed by atoms with Crippen LogP contribution >= 0.6 is 11.8 Å². The Balaban J connectivity index is 2.30. The zero-order valence-corrected chi connectivity index (χ0v) is 11.5. The van der Waals surface area contributed by atoms with Gasteiger partial charge in [0.25, 0.3) is 0 Å². The summed E-state index contributed by atoms with van der Waals surface area (Å²) in [6.07, 6.45) is 6.40. The van der Waals surface area contributed by atoms with Gasteiger partial charge in [-0.25, -0.2) is 0 Å². The highest BCUT2D eigenvalue weighted by Gasteiger charge is 2.18. The van der Waals surface area contributed by atoms with Crippen molar-refractivity contribution >= 4 is 11.8 Å². The molecule has 0 spiro atoms. The Kier molecular flexibility index (Phi) is 7.80. The van der Waals surface area contributed by atoms with E-state index in [1.165, 1.54) is 37.2 Å². The maximum atomic E-state index is 3.64. The van der Waals surface area contributed by atoms with Crippen LogP contribution in [-0.2, 0) is 0 Å². The lowest BCUT2D eigenvalue weighted by Gasteiger charge is -2.26. The first-order valence-electron chi connectivity index (χ1n) is 6.57. The van der Waals surface area contributed by atoms with Gasteiger partial charge in [-0.05, 0) is 56.6 Å². The van der Waals surface area contributed by atoms with Crippen LogP contribution < -0.4 is 5.32 Å². The van der Waals surface area contributed by atoms with E-state index in [9.17, 15) is 0 Å². The fourth-order valence-corrected chi connectivity index (χ4v) is 3.40. The Hall–Kier alpha value is -0.130. The number of rotatable bonds is 6. The molecular weight excluding hydrogens is 214 g/mol. The van der Waals surface area contributed by atoms with Crippen LogP contribution in [0.15, 0.2) is 0 Å². The molecule has 0 bridgehead atoms. The molecule has 1 atom stereocenters. The highest BCUT2D eigenvalue weighted by atomic mass is 32.2. The topological polar surface area (TPSA) is 12.0 Å². The molecule has 16 heavy (non-hydrogen) atoms. The van der Waals surface area contributed by atoms with E-state index >= 15 is 0 Å². The highest BCUT2D eigenvalue weighted by Crippen LogP contribution is 2.26. The Labute approximate surface area is 105 Å². The minimum Gasteiger partial charge on any atom is -0.313 e. The first-order valence-corrected chi connectivity index (χ1v) is 7.73. The zero-order valence-electron chi connectivity index (χ0n) is 10.7. The monoisotopic (exact) mass is 239 g/mol. The van der Waals surface area contributed by atoms with Crippen LogP contribution in [0.25, 0.3) is 0 Å². The Morgan fingerprint density at radius 2 is 2.12 bits per heavy atom. The lowest BCUT2D eigenvalue weighted by molar-refractivity contribution is 0.367. The van der Waals surface area contributed by atoms with Gasteiger partial charge in [-0.3, -0.25) is 0 Å². The van der Waals surface area contributed by atoms with Crippen molar-refractivity contribution in [3.8, 4) is 11.8 Å². The molecule has 1 saturated heterocycles. The van der Waals surface area contributed by atoms with Crippen LogP contribution in [-0.4, -0.2) is 24.1 Å². The van der Waals surface area contributed by atoms with Crippen molar-refractivity contribution in [1.29, 1.82) is 0 Å². The first kappa shape index (κ1) is 13.9. The summed E-state index contributed by atoms with van der Waals surface area (Å²) in [7, 11) is 0. The van der Waals surface area contributed by atoms with Crippen LogP contribution in [0, 0.1) is 17.8 Å². The third-order valence-electron chi connectivity index (χ3n) is 3.17. The van der Waals surface area contributed by atoms with Gasteiger partial charge in [0.15, 0.2) is 0 Å². The van der Waals surface area contributed by atoms with Crippen molar-refractivity contribution in [3.63, 3.8) is 0 Å². The smallest absolute Gasteiger partial charge is 0.0243 e. The molecule has 1 fully saturated rings. The molecule has 0 radical (unpaired) electrons. The van der Waals surface area contributed by atoms with Gasteiger partial charge in [0.2, 0.25) is 0 Å². The number of hydrogen-bond donors (Lipinski definition) is 1. The van der Waals surface area contributed by atoms with Crippen molar-refractivity contribution in [2.75, 3.05) is 18.1 Å². The second-order valence-electron chi connectivity index (χ2n) is 4.57. The molecule has 0 aromatic rings. The van der Waals surface area contributed by atoms with Crippen molar-refractivity contribution in [2.24, 2.45) is 5.92 Å². The highest BCUT2D eigenvalue weighted by molar-refractivity contribution is 7.99. The SMILES string of the molecule is CC#CCC(CC1CCSCC1)NCCC. The van der Waals surface area contributed by atoms with E-state index in [2.05, 4.69) is 35.8 Å². The van der Waals surface area contributed by atoms with Crippen molar-refractivity contribution in [3.05, 3.63) is 0 Å². The van der Waals surface area contributed by atoms with Gasteiger partial charge >= 0.3 is 0 Å². The van der Waals surface area contributed by atoms with Crippen molar-refractivity contribution < 1.29 is 0 Å². The molecule has 1 heterocycles. The standard InChI is InChI=1S/C14H25NS/c1-3-5-6-14(15-9-4-2)12-13-7-10-16-11-8-13/h13-15H,4,6-12H2,1-2H3. The summed E-state index contributed by atoms with van der Waals surface area (Å²) in [6, 6.07) is 0.625. The van der Waals surface area contributed by atoms with Gasteiger partial charge < -0.3 is 5.32 Å². The quantitative estimate of drug-likeness (QED) is 0.714. The largest absolute Gasteiger partial charge is 0.313 e. The summed E-state index contributed by atoms with van der Waals surface area (Å²) in [5, 5.41) is 3.64. The van der Waals surface area contributed by atoms with E-state index in [-0.39, 0.29) is 0 Å². The molecule has 2 heteroatoms. The lowest BCUT2D eigenvalue weighted by Crippen LogP contribution is -2.32. The molecule has 0 aliphatic carbocycles. The Morgan fingerprint density at radius 1 is 1.38 bits per heavy atom. The Morgan fingerprint density at radius 3 is 2.75 bits per heavy atom. The van der Waals surface area contributed by atoms with Gasteiger partial charge in [-0.2, -0.15) is 11.8 Å². The average Bonchev–Trinajstić information content (AvgIpc) is 2.34. The maximum absolute atomic E-state index is 3.64. The summed E-state index contributed by atoms with van der Waals surface area (Å²) in [5.41, 5.74) is 0. The third kappa shape index (κ3) is 5.82. The summed E-state index contributed by atoms with van der Waals surface area (Å²) >= 11 is 2.11. The summed E-state index contributed by atoms with van der Waals surface area (Å²) in [6.45, 7) is 5.30. The molecule has 1 N–H and O–H groups in total. The van der Waals surface area contributed by atoms with Gasteiger partial charge in [0.1, 0.15) is 0 Å². The van der Waals surface area contributed by atoms with Crippen LogP contribution in [0.1, 0.15) is 46.0 Å². The van der Waals surface area contributed by atoms with Gasteiger partial charge in [0, 0.05) is 12.5 Å². The molecule has 1 aliphatic rings. The first-order chi connectivity index (χ1) is 7.86. The predicted molar refractivity (Wildman–Crippen MR) is 74.8 cm³/mol. The molecule has 1 rings (SSSR count). The predicted octanol–water partition coefficient (Wildman–Crippen LogP) is 3.30. The molecule has 0 saturated carbocycles. The van der Waals surface area contributed by atoms with Gasteiger partial charge in [-0.15, -0.1) is 11.8 Å². The normalized spacial score (nSPS) is 18.9. The lowest BCUT2D eigenvalue weighted by atomic mass is 9.93. The van der Waals surface area contributed by atoms with E-state index in [0.29, 0.717) is 6.04 Å². The minimum atomic E-state index is 0.625. The Bertz CT molecular complexity index is 223. The summed E-state index contributed by atoms with van der Waals surface area (Å²) in [4.78, 5) is 0. The van der Waals surface area contributed by atoms with Crippen molar-refractivity contribution in [2.45, 2.75) is 52.0 Å². The van der Waals surface area contributed by atoms with Crippen LogP contribution in [0.2, 0.25) is 0 Å². The number of thioether (sulfide) groups is 1. The fourth-order valence-electron chi connectivity index (χ4n) is 2.20. The van der Waals surface area contributed by atoms with E-state index < -0.39 is 0 Å². The average molecular weight is 239 g/mol. The number of nitrogens with one attached hydrogen (secondary N) is 1. The van der Waals surface area contributed by atoms with Crippen LogP contribution in [0.4, 0.5) is 0 Å². The van der Waals surface area contributed by atoms with Crippen LogP contribution in [0.5, 0.6) is 0 Å². The van der Waals surface area contributed by atoms with E-state index in [1.807, 2.05) is 6.92 Å². The summed E-state index contributed by atoms with van der Waals surface area (Å²) in [5.74, 6) is 9.92. The molecule has 92 valence electrons. The minimum absolute atomic E-state index is 0.625. The molecule has 0 aromatic heterocycles. The van der Waals surface area contributed by atoms with Gasteiger partial charge in [0.05, 0.1) is 0 Å². The molecular formula is C14H25NS. The fraction of sp³-hybridized carbons (Fsp3) is 0.857. The third-order valence-corrected chi connectivity index (χ3v) is 4.22. The number of hydrogen-bond acceptors (Lipinski definition) is 2. The molecule has 1 unspecified atom stereocenters. The van der Waals surface area contributed by atoms with Gasteiger partial charge in [-0.1, -0.05) is 6.92 Å². The zero-order chi connectivity index (χ0) is 11.6. The second kappa shape index (κ2) is 8.96. The molecule has 1 aliphatic heterocycles. The maximum Gasteiger partial charge on any atom is 0.0243 e. The van der Waals surface area contributed by atoms with Crippen LogP contribution in [0.3, 0.4) is 0 Å². The second-order valence-corrected chi connectivity index (χ2v) is 5.80. The summed E-state index contributed by atoms with van der Waals surface area (Å²) < 4.78 is 0. The van der Waals surface area contributed by atoms with E-state index in [1.54, 1.807) is 0 Å². The van der Waals surface area contributed by atoms with E-state index in [4.69, 9.17) is 0 Å². The van der Waals surface area contributed by atoms with Crippen molar-refractivity contribution in [1.82, 2.24) is 5.32 Å². The molecule has 0 aromatic carbocycles. The molecule has 1 nitrogen and oxygen atoms in total. The van der Waals surface area contributed by atoms with E-state index in [0.717, 1.165) is 18.9 Å².